The van der Waals surface area contributed by atoms with E-state index in [1.54, 1.807) is 19.1 Å². The van der Waals surface area contributed by atoms with Gasteiger partial charge in [0.1, 0.15) is 16.9 Å². The van der Waals surface area contributed by atoms with Crippen LogP contribution >= 0.6 is 0 Å². The zero-order chi connectivity index (χ0) is 23.2. The fourth-order valence-corrected chi connectivity index (χ4v) is 3.69. The highest BCUT2D eigenvalue weighted by molar-refractivity contribution is 6.00. The monoisotopic (exact) mass is 441 g/mol. The van der Waals surface area contributed by atoms with Gasteiger partial charge in [-0.3, -0.25) is 19.1 Å². The Morgan fingerprint density at radius 1 is 1.34 bits per heavy atom. The number of aromatic hydroxyl groups is 1. The molecule has 3 aromatic rings. The third-order valence-electron chi connectivity index (χ3n) is 5.37. The van der Waals surface area contributed by atoms with Gasteiger partial charge < -0.3 is 20.3 Å². The zero-order valence-corrected chi connectivity index (χ0v) is 17.3. The van der Waals surface area contributed by atoms with Crippen molar-refractivity contribution in [2.75, 3.05) is 6.61 Å². The first kappa shape index (κ1) is 21.3. The molecule has 0 fully saturated rings. The minimum atomic E-state index is -1.61. The number of primary amides is 1. The van der Waals surface area contributed by atoms with Gasteiger partial charge >= 0.3 is 5.97 Å². The number of carbonyl (C=O) groups is 2. The number of ether oxygens (including phenoxy) is 2. The van der Waals surface area contributed by atoms with E-state index >= 15 is 0 Å². The standard InChI is InChI=1S/C22H20FN3O6/c1-3-31-20(29)14-17(27)15-16-18(32-22(2,21(24)30)10-26(16)19(14)28)12(9-25-15)8-11-4-6-13(23)7-5-11/h4-7,9,27H,3,8,10H2,1-2H3,(H2,24,30)/t22-/m0/s1. The summed E-state index contributed by atoms with van der Waals surface area (Å²) in [7, 11) is 0. The second-order valence-corrected chi connectivity index (χ2v) is 7.65. The van der Waals surface area contributed by atoms with Crippen molar-refractivity contribution in [1.82, 2.24) is 9.55 Å². The summed E-state index contributed by atoms with van der Waals surface area (Å²) in [6, 6.07) is 5.77. The molecule has 1 atom stereocenters. The van der Waals surface area contributed by atoms with Crippen LogP contribution in [0.1, 0.15) is 35.3 Å². The molecule has 4 rings (SSSR count). The quantitative estimate of drug-likeness (QED) is 0.575. The molecule has 1 aliphatic rings. The van der Waals surface area contributed by atoms with Crippen LogP contribution in [0.15, 0.2) is 35.3 Å². The van der Waals surface area contributed by atoms with Crippen molar-refractivity contribution >= 4 is 22.9 Å². The van der Waals surface area contributed by atoms with Crippen molar-refractivity contribution in [3.8, 4) is 11.5 Å². The first-order valence-electron chi connectivity index (χ1n) is 9.84. The molecular formula is C22H20FN3O6. The third kappa shape index (κ3) is 3.33. The van der Waals surface area contributed by atoms with Crippen LogP contribution in [-0.4, -0.2) is 38.7 Å². The number of benzene rings is 1. The number of hydrogen-bond donors (Lipinski definition) is 2. The fraction of sp³-hybridized carbons (Fsp3) is 0.273. The Hall–Kier alpha value is -3.95. The largest absolute Gasteiger partial charge is 0.505 e. The third-order valence-corrected chi connectivity index (χ3v) is 5.37. The van der Waals surface area contributed by atoms with Crippen molar-refractivity contribution in [3.05, 3.63) is 63.3 Å². The Morgan fingerprint density at radius 3 is 2.66 bits per heavy atom. The maximum atomic E-state index is 13.3. The Kier molecular flexibility index (Phi) is 5.08. The summed E-state index contributed by atoms with van der Waals surface area (Å²) in [4.78, 5) is 42.0. The Morgan fingerprint density at radius 2 is 2.03 bits per heavy atom. The van der Waals surface area contributed by atoms with Gasteiger partial charge in [-0.1, -0.05) is 12.1 Å². The van der Waals surface area contributed by atoms with Gasteiger partial charge in [-0.15, -0.1) is 0 Å². The number of amides is 1. The van der Waals surface area contributed by atoms with Crippen molar-refractivity contribution < 1.29 is 28.6 Å². The molecule has 10 heteroatoms. The lowest BCUT2D eigenvalue weighted by Crippen LogP contribution is -2.53. The highest BCUT2D eigenvalue weighted by atomic mass is 19.1. The molecule has 3 heterocycles. The molecule has 9 nitrogen and oxygen atoms in total. The van der Waals surface area contributed by atoms with Gasteiger partial charge in [0.2, 0.25) is 5.60 Å². The van der Waals surface area contributed by atoms with E-state index in [-0.39, 0.29) is 36.4 Å². The molecule has 1 aliphatic heterocycles. The summed E-state index contributed by atoms with van der Waals surface area (Å²) < 4.78 is 25.3. The van der Waals surface area contributed by atoms with E-state index in [0.29, 0.717) is 5.56 Å². The summed E-state index contributed by atoms with van der Waals surface area (Å²) in [5.41, 5.74) is 3.77. The molecule has 166 valence electrons. The van der Waals surface area contributed by atoms with Gasteiger partial charge in [0.25, 0.3) is 11.5 Å². The number of nitrogens with two attached hydrogens (primary N) is 1. The normalized spacial score (nSPS) is 17.1. The van der Waals surface area contributed by atoms with E-state index in [1.165, 1.54) is 25.3 Å². The molecule has 0 radical (unpaired) electrons. The fourth-order valence-electron chi connectivity index (χ4n) is 3.69. The number of hydrogen-bond acceptors (Lipinski definition) is 7. The lowest BCUT2D eigenvalue weighted by Gasteiger charge is -2.35. The molecule has 0 unspecified atom stereocenters. The van der Waals surface area contributed by atoms with Gasteiger partial charge in [0, 0.05) is 18.2 Å². The second kappa shape index (κ2) is 7.63. The van der Waals surface area contributed by atoms with Crippen LogP contribution in [0.2, 0.25) is 0 Å². The SMILES string of the molecule is CCOC(=O)c1c(O)c2ncc(Cc3ccc(F)cc3)c3c2n(c1=O)C[C@@](C)(C(N)=O)O3. The van der Waals surface area contributed by atoms with E-state index in [9.17, 15) is 23.9 Å². The van der Waals surface area contributed by atoms with Crippen LogP contribution in [0.3, 0.4) is 0 Å². The van der Waals surface area contributed by atoms with Crippen LogP contribution in [0.5, 0.6) is 11.5 Å². The van der Waals surface area contributed by atoms with Crippen molar-refractivity contribution in [3.63, 3.8) is 0 Å². The molecule has 0 aliphatic carbocycles. The number of nitrogens with zero attached hydrogens (tertiary/aromatic N) is 2. The summed E-state index contributed by atoms with van der Waals surface area (Å²) in [6.07, 6.45) is 1.64. The molecular weight excluding hydrogens is 421 g/mol. The van der Waals surface area contributed by atoms with Gasteiger partial charge in [-0.25, -0.2) is 9.18 Å². The van der Waals surface area contributed by atoms with E-state index in [4.69, 9.17) is 15.2 Å². The molecule has 3 N–H and O–H groups in total. The smallest absolute Gasteiger partial charge is 0.347 e. The first-order chi connectivity index (χ1) is 15.2. The minimum absolute atomic E-state index is 0.00680. The molecule has 32 heavy (non-hydrogen) atoms. The highest BCUT2D eigenvalue weighted by Gasteiger charge is 2.42. The molecule has 0 saturated heterocycles. The van der Waals surface area contributed by atoms with Gasteiger partial charge in [0.15, 0.2) is 17.1 Å². The number of halogens is 1. The Bertz CT molecular complexity index is 1320. The molecule has 0 spiro atoms. The molecule has 2 aromatic heterocycles. The maximum absolute atomic E-state index is 13.3. The molecule has 0 bridgehead atoms. The van der Waals surface area contributed by atoms with Gasteiger partial charge in [0.05, 0.1) is 13.2 Å². The van der Waals surface area contributed by atoms with Crippen molar-refractivity contribution in [1.29, 1.82) is 0 Å². The predicted octanol–water partition coefficient (Wildman–Crippen LogP) is 1.65. The van der Waals surface area contributed by atoms with Crippen molar-refractivity contribution in [2.24, 2.45) is 5.73 Å². The van der Waals surface area contributed by atoms with E-state index in [1.807, 2.05) is 0 Å². The average molecular weight is 441 g/mol. The lowest BCUT2D eigenvalue weighted by atomic mass is 9.99. The minimum Gasteiger partial charge on any atom is -0.505 e. The topological polar surface area (TPSA) is 134 Å². The number of aromatic nitrogens is 2. The summed E-state index contributed by atoms with van der Waals surface area (Å²) >= 11 is 0. The van der Waals surface area contributed by atoms with Crippen LogP contribution in [-0.2, 0) is 22.5 Å². The summed E-state index contributed by atoms with van der Waals surface area (Å²) in [6.45, 7) is 2.69. The van der Waals surface area contributed by atoms with Gasteiger partial charge in [-0.2, -0.15) is 0 Å². The number of carbonyl (C=O) groups excluding carboxylic acids is 2. The zero-order valence-electron chi connectivity index (χ0n) is 17.3. The van der Waals surface area contributed by atoms with E-state index in [0.717, 1.165) is 10.1 Å². The number of pyridine rings is 2. The predicted molar refractivity (Wildman–Crippen MR) is 111 cm³/mol. The van der Waals surface area contributed by atoms with Crippen LogP contribution in [0.4, 0.5) is 4.39 Å². The second-order valence-electron chi connectivity index (χ2n) is 7.65. The Labute approximate surface area is 181 Å². The van der Waals surface area contributed by atoms with Crippen LogP contribution in [0.25, 0.3) is 11.0 Å². The highest BCUT2D eigenvalue weighted by Crippen LogP contribution is 2.40. The molecule has 1 aromatic carbocycles. The van der Waals surface area contributed by atoms with E-state index < -0.39 is 40.2 Å². The van der Waals surface area contributed by atoms with Crippen LogP contribution in [0, 0.1) is 5.82 Å². The summed E-state index contributed by atoms with van der Waals surface area (Å²) in [5.74, 6) is -2.74. The lowest BCUT2D eigenvalue weighted by molar-refractivity contribution is -0.133. The first-order valence-corrected chi connectivity index (χ1v) is 9.84. The summed E-state index contributed by atoms with van der Waals surface area (Å²) in [5, 5.41) is 10.7. The van der Waals surface area contributed by atoms with E-state index in [2.05, 4.69) is 4.98 Å². The average Bonchev–Trinajstić information content (AvgIpc) is 2.74. The van der Waals surface area contributed by atoms with Gasteiger partial charge in [-0.05, 0) is 31.5 Å². The van der Waals surface area contributed by atoms with Crippen LogP contribution < -0.4 is 16.0 Å². The number of esters is 1. The molecule has 1 amide bonds. The van der Waals surface area contributed by atoms with Crippen molar-refractivity contribution in [2.45, 2.75) is 32.4 Å². The Balaban J connectivity index is 2.00. The molecule has 0 saturated carbocycles. The maximum Gasteiger partial charge on any atom is 0.347 e. The number of rotatable bonds is 5.